The molecule has 2 rings (SSSR count). The van der Waals surface area contributed by atoms with E-state index in [0.29, 0.717) is 12.1 Å². The molecule has 1 unspecified atom stereocenters. The first kappa shape index (κ1) is 13.5. The van der Waals surface area contributed by atoms with Crippen molar-refractivity contribution in [2.75, 3.05) is 16.8 Å². The number of anilines is 1. The molecule has 1 aliphatic rings. The average Bonchev–Trinajstić information content (AvgIpc) is 2.70. The lowest BCUT2D eigenvalue weighted by Crippen LogP contribution is -2.23. The Hall–Kier alpha value is -1.96. The number of hydrogen-bond acceptors (Lipinski definition) is 5. The van der Waals surface area contributed by atoms with E-state index in [1.807, 2.05) is 0 Å². The van der Waals surface area contributed by atoms with Gasteiger partial charge in [0.1, 0.15) is 5.69 Å². The molecule has 2 heterocycles. The molecule has 1 fully saturated rings. The number of carbonyl (C=O) groups excluding carboxylic acids is 1. The summed E-state index contributed by atoms with van der Waals surface area (Å²) in [5.74, 6) is -2.20. The number of hydrogen-bond donors (Lipinski definition) is 2. The van der Waals surface area contributed by atoms with E-state index in [2.05, 4.69) is 10.3 Å². The Bertz CT molecular complexity index is 608. The standard InChI is InChI=1S/C11H12N2O5S/c14-10(7-3-4-19(17,18)6-7)13-8-1-2-9(11(15)16)12-5-8/h1-2,5,7H,3-4,6H2,(H,13,14)(H,15,16). The highest BCUT2D eigenvalue weighted by atomic mass is 32.2. The number of carboxylic acid groups (broad SMARTS) is 1. The van der Waals surface area contributed by atoms with E-state index in [0.717, 1.165) is 0 Å². The van der Waals surface area contributed by atoms with Crippen LogP contribution in [-0.2, 0) is 14.6 Å². The summed E-state index contributed by atoms with van der Waals surface area (Å²) in [5, 5.41) is 11.2. The van der Waals surface area contributed by atoms with Gasteiger partial charge >= 0.3 is 5.97 Å². The average molecular weight is 284 g/mol. The van der Waals surface area contributed by atoms with Crippen LogP contribution in [0.4, 0.5) is 5.69 Å². The van der Waals surface area contributed by atoms with Gasteiger partial charge in [0.15, 0.2) is 9.84 Å². The van der Waals surface area contributed by atoms with Crippen LogP contribution >= 0.6 is 0 Å². The molecule has 0 bridgehead atoms. The van der Waals surface area contributed by atoms with Crippen LogP contribution in [0.2, 0.25) is 0 Å². The summed E-state index contributed by atoms with van der Waals surface area (Å²) < 4.78 is 22.5. The highest BCUT2D eigenvalue weighted by Crippen LogP contribution is 2.20. The molecule has 8 heteroatoms. The number of rotatable bonds is 3. The van der Waals surface area contributed by atoms with Crippen molar-refractivity contribution in [1.29, 1.82) is 0 Å². The molecule has 1 atom stereocenters. The summed E-state index contributed by atoms with van der Waals surface area (Å²) in [6.07, 6.45) is 1.54. The van der Waals surface area contributed by atoms with Crippen LogP contribution in [0.5, 0.6) is 0 Å². The van der Waals surface area contributed by atoms with E-state index in [4.69, 9.17) is 5.11 Å². The smallest absolute Gasteiger partial charge is 0.354 e. The Morgan fingerprint density at radius 3 is 2.58 bits per heavy atom. The predicted octanol–water partition coefficient (Wildman–Crippen LogP) is 0.153. The van der Waals surface area contributed by atoms with Gasteiger partial charge in [-0.15, -0.1) is 0 Å². The predicted molar refractivity (Wildman–Crippen MR) is 66.6 cm³/mol. The van der Waals surface area contributed by atoms with E-state index in [1.165, 1.54) is 18.3 Å². The molecule has 1 aromatic rings. The number of aromatic nitrogens is 1. The zero-order valence-corrected chi connectivity index (χ0v) is 10.7. The zero-order chi connectivity index (χ0) is 14.0. The largest absolute Gasteiger partial charge is 0.477 e. The highest BCUT2D eigenvalue weighted by molar-refractivity contribution is 7.91. The van der Waals surface area contributed by atoms with Crippen LogP contribution in [0, 0.1) is 5.92 Å². The number of pyridine rings is 1. The SMILES string of the molecule is O=C(O)c1ccc(NC(=O)C2CCS(=O)(=O)C2)cn1. The van der Waals surface area contributed by atoms with Crippen molar-refractivity contribution >= 4 is 27.4 Å². The number of carbonyl (C=O) groups is 2. The van der Waals surface area contributed by atoms with Crippen LogP contribution in [0.15, 0.2) is 18.3 Å². The van der Waals surface area contributed by atoms with Crippen LogP contribution in [0.25, 0.3) is 0 Å². The number of nitrogens with one attached hydrogen (secondary N) is 1. The Labute approximate surface area is 109 Å². The molecule has 19 heavy (non-hydrogen) atoms. The van der Waals surface area contributed by atoms with Gasteiger partial charge in [-0.2, -0.15) is 0 Å². The fourth-order valence-electron chi connectivity index (χ4n) is 1.84. The van der Waals surface area contributed by atoms with Crippen LogP contribution in [0.3, 0.4) is 0 Å². The maximum atomic E-state index is 11.8. The Balaban J connectivity index is 2.01. The first-order chi connectivity index (χ1) is 8.87. The number of amides is 1. The third kappa shape index (κ3) is 3.28. The lowest BCUT2D eigenvalue weighted by molar-refractivity contribution is -0.119. The topological polar surface area (TPSA) is 113 Å². The second kappa shape index (κ2) is 4.96. The number of carboxylic acids is 1. The van der Waals surface area contributed by atoms with Gasteiger partial charge < -0.3 is 10.4 Å². The quantitative estimate of drug-likeness (QED) is 0.817. The molecule has 102 valence electrons. The van der Waals surface area contributed by atoms with E-state index >= 15 is 0 Å². The molecule has 7 nitrogen and oxygen atoms in total. The van der Waals surface area contributed by atoms with Gasteiger partial charge in [-0.3, -0.25) is 4.79 Å². The van der Waals surface area contributed by atoms with E-state index in [9.17, 15) is 18.0 Å². The van der Waals surface area contributed by atoms with Gasteiger partial charge in [0, 0.05) is 0 Å². The minimum absolute atomic E-state index is 0.0291. The summed E-state index contributed by atoms with van der Waals surface area (Å²) in [4.78, 5) is 26.1. The Morgan fingerprint density at radius 1 is 1.37 bits per heavy atom. The van der Waals surface area contributed by atoms with Crippen molar-refractivity contribution < 1.29 is 23.1 Å². The molecule has 0 aliphatic carbocycles. The van der Waals surface area contributed by atoms with Gasteiger partial charge in [0.2, 0.25) is 5.91 Å². The number of aromatic carboxylic acids is 1. The maximum absolute atomic E-state index is 11.8. The van der Waals surface area contributed by atoms with Crippen molar-refractivity contribution in [2.24, 2.45) is 5.92 Å². The van der Waals surface area contributed by atoms with Crippen molar-refractivity contribution in [3.05, 3.63) is 24.0 Å². The Kier molecular flexibility index (Phi) is 3.52. The van der Waals surface area contributed by atoms with Crippen LogP contribution < -0.4 is 5.32 Å². The molecule has 0 aromatic carbocycles. The molecule has 1 saturated heterocycles. The Morgan fingerprint density at radius 2 is 2.11 bits per heavy atom. The van der Waals surface area contributed by atoms with Crippen molar-refractivity contribution in [3.8, 4) is 0 Å². The van der Waals surface area contributed by atoms with Gasteiger partial charge in [-0.1, -0.05) is 0 Å². The summed E-state index contributed by atoms with van der Waals surface area (Å²) in [6, 6.07) is 2.68. The van der Waals surface area contributed by atoms with Crippen LogP contribution in [-0.4, -0.2) is 41.9 Å². The number of sulfone groups is 1. The van der Waals surface area contributed by atoms with Crippen molar-refractivity contribution in [3.63, 3.8) is 0 Å². The van der Waals surface area contributed by atoms with Gasteiger partial charge in [0.25, 0.3) is 0 Å². The second-order valence-electron chi connectivity index (χ2n) is 4.33. The highest BCUT2D eigenvalue weighted by Gasteiger charge is 2.32. The molecule has 0 spiro atoms. The lowest BCUT2D eigenvalue weighted by atomic mass is 10.1. The molecule has 2 N–H and O–H groups in total. The minimum Gasteiger partial charge on any atom is -0.477 e. The zero-order valence-electron chi connectivity index (χ0n) is 9.87. The molecular weight excluding hydrogens is 272 g/mol. The molecule has 0 saturated carbocycles. The van der Waals surface area contributed by atoms with Gasteiger partial charge in [0.05, 0.1) is 29.3 Å². The van der Waals surface area contributed by atoms with Gasteiger partial charge in [-0.05, 0) is 18.6 Å². The molecule has 0 radical (unpaired) electrons. The second-order valence-corrected chi connectivity index (χ2v) is 6.56. The lowest BCUT2D eigenvalue weighted by Gasteiger charge is -2.09. The maximum Gasteiger partial charge on any atom is 0.354 e. The molecular formula is C11H12N2O5S. The summed E-state index contributed by atoms with van der Waals surface area (Å²) in [6.45, 7) is 0. The number of nitrogens with zero attached hydrogens (tertiary/aromatic N) is 1. The fourth-order valence-corrected chi connectivity index (χ4v) is 3.58. The van der Waals surface area contributed by atoms with Crippen LogP contribution in [0.1, 0.15) is 16.9 Å². The normalized spacial score (nSPS) is 20.9. The minimum atomic E-state index is -3.10. The fraction of sp³-hybridized carbons (Fsp3) is 0.364. The summed E-state index contributed by atoms with van der Waals surface area (Å²) in [5.41, 5.74) is 0.223. The van der Waals surface area contributed by atoms with Gasteiger partial charge in [-0.25, -0.2) is 18.2 Å². The first-order valence-corrected chi connectivity index (χ1v) is 7.40. The van der Waals surface area contributed by atoms with E-state index < -0.39 is 21.7 Å². The molecule has 1 amide bonds. The molecule has 1 aromatic heterocycles. The first-order valence-electron chi connectivity index (χ1n) is 5.58. The third-order valence-corrected chi connectivity index (χ3v) is 4.62. The summed E-state index contributed by atoms with van der Waals surface area (Å²) >= 11 is 0. The monoisotopic (exact) mass is 284 g/mol. The van der Waals surface area contributed by atoms with E-state index in [1.54, 1.807) is 0 Å². The van der Waals surface area contributed by atoms with Crippen molar-refractivity contribution in [1.82, 2.24) is 4.98 Å². The summed E-state index contributed by atoms with van der Waals surface area (Å²) in [7, 11) is -3.10. The molecule has 1 aliphatic heterocycles. The van der Waals surface area contributed by atoms with E-state index in [-0.39, 0.29) is 23.1 Å². The third-order valence-electron chi connectivity index (χ3n) is 2.85. The van der Waals surface area contributed by atoms with Crippen molar-refractivity contribution in [2.45, 2.75) is 6.42 Å².